The minimum atomic E-state index is 0.0442. The molecule has 1 amide bonds. The standard InChI is InChI=1S/C20H34N4O/c1-15(2)13-23-10-6-7-17(14-23)11-21-20(25)19-12-22-24(16(19)3)18-8-4-5-9-18/h12,15,17-18H,4-11,13-14H2,1-3H3,(H,21,25)/t17-/m1/s1. The number of hydrogen-bond donors (Lipinski definition) is 1. The average Bonchev–Trinajstić information content (AvgIpc) is 3.21. The van der Waals surface area contributed by atoms with Gasteiger partial charge >= 0.3 is 0 Å². The molecule has 25 heavy (non-hydrogen) atoms. The first-order valence-corrected chi connectivity index (χ1v) is 10.1. The quantitative estimate of drug-likeness (QED) is 0.859. The number of rotatable bonds is 6. The summed E-state index contributed by atoms with van der Waals surface area (Å²) in [5.74, 6) is 1.32. The number of likely N-dealkylation sites (tertiary alicyclic amines) is 1. The fraction of sp³-hybridized carbons (Fsp3) is 0.800. The molecule has 2 fully saturated rings. The lowest BCUT2D eigenvalue weighted by Gasteiger charge is -2.33. The summed E-state index contributed by atoms with van der Waals surface area (Å²) in [6.45, 7) is 10.8. The molecule has 1 aliphatic heterocycles. The van der Waals surface area contributed by atoms with Crippen LogP contribution in [0.3, 0.4) is 0 Å². The van der Waals surface area contributed by atoms with Crippen LogP contribution in [0, 0.1) is 18.8 Å². The second kappa shape index (κ2) is 8.35. The van der Waals surface area contributed by atoms with Crippen molar-refractivity contribution in [3.05, 3.63) is 17.5 Å². The molecule has 1 aliphatic carbocycles. The van der Waals surface area contributed by atoms with Crippen molar-refractivity contribution in [2.45, 2.75) is 65.3 Å². The van der Waals surface area contributed by atoms with Crippen molar-refractivity contribution < 1.29 is 4.79 Å². The zero-order chi connectivity index (χ0) is 17.8. The summed E-state index contributed by atoms with van der Waals surface area (Å²) >= 11 is 0. The summed E-state index contributed by atoms with van der Waals surface area (Å²) in [5.41, 5.74) is 1.77. The highest BCUT2D eigenvalue weighted by atomic mass is 16.1. The molecule has 1 atom stereocenters. The molecular weight excluding hydrogens is 312 g/mol. The lowest BCUT2D eigenvalue weighted by Crippen LogP contribution is -2.42. The van der Waals surface area contributed by atoms with Crippen LogP contribution in [-0.4, -0.2) is 46.8 Å². The third-order valence-electron chi connectivity index (χ3n) is 5.74. The topological polar surface area (TPSA) is 50.2 Å². The van der Waals surface area contributed by atoms with Crippen molar-refractivity contribution in [2.24, 2.45) is 11.8 Å². The lowest BCUT2D eigenvalue weighted by atomic mass is 9.97. The smallest absolute Gasteiger partial charge is 0.254 e. The molecule has 5 nitrogen and oxygen atoms in total. The normalized spacial score (nSPS) is 22.6. The van der Waals surface area contributed by atoms with Gasteiger partial charge in [-0.3, -0.25) is 9.48 Å². The summed E-state index contributed by atoms with van der Waals surface area (Å²) in [5, 5.41) is 7.67. The van der Waals surface area contributed by atoms with Crippen molar-refractivity contribution >= 4 is 5.91 Å². The first-order chi connectivity index (χ1) is 12.0. The molecule has 2 heterocycles. The minimum Gasteiger partial charge on any atom is -0.352 e. The Balaban J connectivity index is 1.52. The highest BCUT2D eigenvalue weighted by molar-refractivity contribution is 5.95. The van der Waals surface area contributed by atoms with Gasteiger partial charge in [-0.2, -0.15) is 5.10 Å². The number of amides is 1. The maximum Gasteiger partial charge on any atom is 0.254 e. The number of piperidine rings is 1. The van der Waals surface area contributed by atoms with Crippen LogP contribution >= 0.6 is 0 Å². The second-order valence-corrected chi connectivity index (χ2v) is 8.40. The zero-order valence-corrected chi connectivity index (χ0v) is 16.1. The second-order valence-electron chi connectivity index (χ2n) is 8.40. The first kappa shape index (κ1) is 18.4. The molecule has 0 spiro atoms. The van der Waals surface area contributed by atoms with Crippen LogP contribution in [0.4, 0.5) is 0 Å². The van der Waals surface area contributed by atoms with Gasteiger partial charge < -0.3 is 10.2 Å². The van der Waals surface area contributed by atoms with E-state index in [1.165, 1.54) is 45.1 Å². The Morgan fingerprint density at radius 2 is 2.04 bits per heavy atom. The number of carbonyl (C=O) groups excluding carboxylic acids is 1. The number of hydrogen-bond acceptors (Lipinski definition) is 3. The Morgan fingerprint density at radius 1 is 1.28 bits per heavy atom. The van der Waals surface area contributed by atoms with Gasteiger partial charge in [-0.1, -0.05) is 26.7 Å². The highest BCUT2D eigenvalue weighted by Crippen LogP contribution is 2.30. The lowest BCUT2D eigenvalue weighted by molar-refractivity contribution is 0.0928. The Morgan fingerprint density at radius 3 is 2.76 bits per heavy atom. The number of aromatic nitrogens is 2. The molecule has 1 aromatic heterocycles. The van der Waals surface area contributed by atoms with E-state index in [-0.39, 0.29) is 5.91 Å². The number of nitrogens with one attached hydrogen (secondary N) is 1. The van der Waals surface area contributed by atoms with Gasteiger partial charge in [0.25, 0.3) is 5.91 Å². The molecule has 1 saturated carbocycles. The monoisotopic (exact) mass is 346 g/mol. The molecule has 2 aliphatic rings. The van der Waals surface area contributed by atoms with Gasteiger partial charge in [-0.25, -0.2) is 0 Å². The molecule has 1 N–H and O–H groups in total. The highest BCUT2D eigenvalue weighted by Gasteiger charge is 2.24. The first-order valence-electron chi connectivity index (χ1n) is 10.1. The third-order valence-corrected chi connectivity index (χ3v) is 5.74. The van der Waals surface area contributed by atoms with Crippen LogP contribution in [0.25, 0.3) is 0 Å². The molecule has 1 aromatic rings. The maximum absolute atomic E-state index is 12.6. The van der Waals surface area contributed by atoms with E-state index in [0.29, 0.717) is 17.9 Å². The summed E-state index contributed by atoms with van der Waals surface area (Å²) in [6, 6.07) is 0.490. The molecule has 1 saturated heterocycles. The predicted molar refractivity (Wildman–Crippen MR) is 101 cm³/mol. The van der Waals surface area contributed by atoms with Crippen LogP contribution < -0.4 is 5.32 Å². The van der Waals surface area contributed by atoms with Gasteiger partial charge in [-0.05, 0) is 51.0 Å². The van der Waals surface area contributed by atoms with Gasteiger partial charge in [0.2, 0.25) is 0 Å². The summed E-state index contributed by atoms with van der Waals surface area (Å²) < 4.78 is 2.08. The Hall–Kier alpha value is -1.36. The number of nitrogens with zero attached hydrogens (tertiary/aromatic N) is 3. The van der Waals surface area contributed by atoms with Crippen LogP contribution in [0.15, 0.2) is 6.20 Å². The zero-order valence-electron chi connectivity index (χ0n) is 16.1. The number of carbonyl (C=O) groups is 1. The van der Waals surface area contributed by atoms with E-state index in [1.807, 2.05) is 6.92 Å². The van der Waals surface area contributed by atoms with Crippen LogP contribution in [-0.2, 0) is 0 Å². The molecule has 0 radical (unpaired) electrons. The Labute approximate surface area is 152 Å². The summed E-state index contributed by atoms with van der Waals surface area (Å²) in [6.07, 6.45) is 9.16. The van der Waals surface area contributed by atoms with E-state index in [4.69, 9.17) is 0 Å². The largest absolute Gasteiger partial charge is 0.352 e. The van der Waals surface area contributed by atoms with Crippen molar-refractivity contribution in [2.75, 3.05) is 26.2 Å². The van der Waals surface area contributed by atoms with Crippen molar-refractivity contribution in [1.82, 2.24) is 20.0 Å². The van der Waals surface area contributed by atoms with Crippen LogP contribution in [0.2, 0.25) is 0 Å². The van der Waals surface area contributed by atoms with E-state index in [0.717, 1.165) is 30.9 Å². The Kier molecular flexibility index (Phi) is 6.15. The fourth-order valence-corrected chi connectivity index (χ4v) is 4.50. The van der Waals surface area contributed by atoms with E-state index in [1.54, 1.807) is 6.20 Å². The molecule has 0 unspecified atom stereocenters. The molecule has 0 bridgehead atoms. The van der Waals surface area contributed by atoms with E-state index in [9.17, 15) is 4.79 Å². The van der Waals surface area contributed by atoms with Crippen molar-refractivity contribution in [3.8, 4) is 0 Å². The van der Waals surface area contributed by atoms with Crippen LogP contribution in [0.1, 0.15) is 74.5 Å². The van der Waals surface area contributed by atoms with Gasteiger partial charge in [0.05, 0.1) is 17.8 Å². The molecule has 140 valence electrons. The summed E-state index contributed by atoms with van der Waals surface area (Å²) in [7, 11) is 0. The molecular formula is C20H34N4O. The minimum absolute atomic E-state index is 0.0442. The van der Waals surface area contributed by atoms with Gasteiger partial charge in [-0.15, -0.1) is 0 Å². The van der Waals surface area contributed by atoms with Crippen LogP contribution in [0.5, 0.6) is 0 Å². The predicted octanol–water partition coefficient (Wildman–Crippen LogP) is 3.40. The molecule has 3 rings (SSSR count). The van der Waals surface area contributed by atoms with E-state index in [2.05, 4.69) is 33.8 Å². The third kappa shape index (κ3) is 4.63. The SMILES string of the molecule is Cc1c(C(=O)NC[C@H]2CCCN(CC(C)C)C2)cnn1C1CCCC1. The maximum atomic E-state index is 12.6. The summed E-state index contributed by atoms with van der Waals surface area (Å²) in [4.78, 5) is 15.2. The average molecular weight is 347 g/mol. The molecule has 0 aromatic carbocycles. The van der Waals surface area contributed by atoms with E-state index >= 15 is 0 Å². The molecule has 5 heteroatoms. The fourth-order valence-electron chi connectivity index (χ4n) is 4.50. The van der Waals surface area contributed by atoms with Crippen molar-refractivity contribution in [3.63, 3.8) is 0 Å². The van der Waals surface area contributed by atoms with Gasteiger partial charge in [0.15, 0.2) is 0 Å². The van der Waals surface area contributed by atoms with Gasteiger partial charge in [0, 0.05) is 25.3 Å². The van der Waals surface area contributed by atoms with Crippen molar-refractivity contribution in [1.29, 1.82) is 0 Å². The van der Waals surface area contributed by atoms with E-state index < -0.39 is 0 Å². The Bertz CT molecular complexity index is 574. The van der Waals surface area contributed by atoms with Gasteiger partial charge in [0.1, 0.15) is 0 Å².